The normalized spacial score (nSPS) is 12.2. The van der Waals surface area contributed by atoms with E-state index in [4.69, 9.17) is 0 Å². The van der Waals surface area contributed by atoms with E-state index in [0.717, 1.165) is 42.8 Å². The molecule has 9 heteroatoms. The van der Waals surface area contributed by atoms with Crippen molar-refractivity contribution in [2.75, 3.05) is 31.5 Å². The number of rotatable bonds is 13. The zero-order chi connectivity index (χ0) is 30.2. The summed E-state index contributed by atoms with van der Waals surface area (Å²) in [6.07, 6.45) is 1.04. The van der Waals surface area contributed by atoms with Gasteiger partial charge in [0, 0.05) is 33.6 Å². The van der Waals surface area contributed by atoms with Crippen LogP contribution in [0.4, 0.5) is 5.69 Å². The third-order valence-corrected chi connectivity index (χ3v) is 8.88. The van der Waals surface area contributed by atoms with E-state index in [1.807, 2.05) is 94.4 Å². The molecular formula is C32H42N4O4S. The van der Waals surface area contributed by atoms with Crippen molar-refractivity contribution in [3.05, 3.63) is 101 Å². The minimum absolute atomic E-state index is 0.158. The number of carbonyl (C=O) groups is 2. The average Bonchev–Trinajstić information content (AvgIpc) is 2.94. The van der Waals surface area contributed by atoms with Gasteiger partial charge in [-0.05, 0) is 61.1 Å². The maximum atomic E-state index is 14.3. The monoisotopic (exact) mass is 578 g/mol. The first-order chi connectivity index (χ1) is 19.4. The van der Waals surface area contributed by atoms with E-state index in [2.05, 4.69) is 5.32 Å². The Kier molecular flexibility index (Phi) is 11.1. The molecule has 2 amide bonds. The highest BCUT2D eigenvalue weighted by molar-refractivity contribution is 7.90. The lowest BCUT2D eigenvalue weighted by molar-refractivity contribution is -0.140. The first-order valence-corrected chi connectivity index (χ1v) is 15.3. The van der Waals surface area contributed by atoms with Crippen LogP contribution in [0.5, 0.6) is 0 Å². The molecule has 3 rings (SSSR count). The Morgan fingerprint density at radius 1 is 0.878 bits per heavy atom. The molecule has 1 atom stereocenters. The zero-order valence-electron chi connectivity index (χ0n) is 24.9. The number of anilines is 1. The summed E-state index contributed by atoms with van der Waals surface area (Å²) >= 11 is 0. The van der Waals surface area contributed by atoms with E-state index in [9.17, 15) is 18.0 Å². The van der Waals surface area contributed by atoms with Gasteiger partial charge in [-0.15, -0.1) is 0 Å². The van der Waals surface area contributed by atoms with Crippen LogP contribution >= 0.6 is 0 Å². The van der Waals surface area contributed by atoms with Gasteiger partial charge in [-0.1, -0.05) is 73.7 Å². The summed E-state index contributed by atoms with van der Waals surface area (Å²) in [4.78, 5) is 29.5. The Labute approximate surface area is 245 Å². The van der Waals surface area contributed by atoms with E-state index in [-0.39, 0.29) is 18.9 Å². The minimum Gasteiger partial charge on any atom is -0.354 e. The predicted molar refractivity (Wildman–Crippen MR) is 165 cm³/mol. The number of amides is 2. The average molecular weight is 579 g/mol. The van der Waals surface area contributed by atoms with Crippen molar-refractivity contribution >= 4 is 27.7 Å². The van der Waals surface area contributed by atoms with E-state index in [1.165, 1.54) is 19.0 Å². The van der Waals surface area contributed by atoms with Gasteiger partial charge in [0.15, 0.2) is 0 Å². The summed E-state index contributed by atoms with van der Waals surface area (Å²) in [5, 5.41) is 2.97. The van der Waals surface area contributed by atoms with Crippen LogP contribution in [-0.2, 0) is 32.8 Å². The van der Waals surface area contributed by atoms with Gasteiger partial charge in [0.05, 0.1) is 5.69 Å². The zero-order valence-corrected chi connectivity index (χ0v) is 25.7. The van der Waals surface area contributed by atoms with Gasteiger partial charge >= 0.3 is 10.2 Å². The molecular weight excluding hydrogens is 536 g/mol. The standard InChI is InChI=1S/C32H42N4O4S/c1-7-19-33-32(38)30(21-27-14-9-8-10-15-27)35(22-28-16-12-11-13-25(28)3)31(37)23-36(41(39,40)34(5)6)29-20-24(2)17-18-26(29)4/h8-18,20,30H,7,19,21-23H2,1-6H3,(H,33,38). The number of hydrogen-bond donors (Lipinski definition) is 1. The molecule has 3 aromatic rings. The topological polar surface area (TPSA) is 90.0 Å². The largest absolute Gasteiger partial charge is 0.354 e. The number of nitrogens with zero attached hydrogens (tertiary/aromatic N) is 3. The van der Waals surface area contributed by atoms with Crippen LogP contribution in [0.25, 0.3) is 0 Å². The van der Waals surface area contributed by atoms with Gasteiger partial charge in [0.1, 0.15) is 12.6 Å². The van der Waals surface area contributed by atoms with Gasteiger partial charge in [-0.3, -0.25) is 9.59 Å². The molecule has 0 fully saturated rings. The van der Waals surface area contributed by atoms with E-state index in [1.54, 1.807) is 6.07 Å². The summed E-state index contributed by atoms with van der Waals surface area (Å²) in [7, 11) is -1.15. The van der Waals surface area contributed by atoms with E-state index >= 15 is 0 Å². The molecule has 0 bridgehead atoms. The Balaban J connectivity index is 2.13. The molecule has 1 N–H and O–H groups in total. The van der Waals surface area contributed by atoms with Crippen molar-refractivity contribution < 1.29 is 18.0 Å². The Bertz CT molecular complexity index is 1440. The van der Waals surface area contributed by atoms with Gasteiger partial charge in [-0.25, -0.2) is 4.31 Å². The lowest BCUT2D eigenvalue weighted by Crippen LogP contribution is -2.54. The molecule has 0 saturated heterocycles. The Morgan fingerprint density at radius 3 is 2.17 bits per heavy atom. The molecule has 3 aromatic carbocycles. The fourth-order valence-electron chi connectivity index (χ4n) is 4.58. The van der Waals surface area contributed by atoms with Gasteiger partial charge in [0.25, 0.3) is 0 Å². The molecule has 0 aliphatic heterocycles. The maximum absolute atomic E-state index is 14.3. The molecule has 220 valence electrons. The molecule has 8 nitrogen and oxygen atoms in total. The molecule has 0 spiro atoms. The fourth-order valence-corrected chi connectivity index (χ4v) is 5.69. The number of hydrogen-bond acceptors (Lipinski definition) is 4. The molecule has 1 unspecified atom stereocenters. The van der Waals surface area contributed by atoms with Gasteiger partial charge in [0.2, 0.25) is 11.8 Å². The quantitative estimate of drug-likeness (QED) is 0.326. The fraction of sp³-hybridized carbons (Fsp3) is 0.375. The lowest BCUT2D eigenvalue weighted by atomic mass is 10.0. The van der Waals surface area contributed by atoms with Crippen molar-refractivity contribution in [3.8, 4) is 0 Å². The second kappa shape index (κ2) is 14.3. The molecule has 0 aliphatic carbocycles. The summed E-state index contributed by atoms with van der Waals surface area (Å²) in [6, 6.07) is 21.9. The predicted octanol–water partition coefficient (Wildman–Crippen LogP) is 4.39. The highest BCUT2D eigenvalue weighted by atomic mass is 32.2. The first-order valence-electron chi connectivity index (χ1n) is 13.9. The lowest BCUT2D eigenvalue weighted by Gasteiger charge is -2.35. The molecule has 0 radical (unpaired) electrons. The number of aryl methyl sites for hydroxylation is 3. The second-order valence-electron chi connectivity index (χ2n) is 10.5. The first kappa shape index (κ1) is 31.8. The third-order valence-electron chi connectivity index (χ3n) is 7.07. The third kappa shape index (κ3) is 8.17. The van der Waals surface area contributed by atoms with E-state index in [0.29, 0.717) is 12.2 Å². The molecule has 0 aliphatic rings. The van der Waals surface area contributed by atoms with Crippen molar-refractivity contribution in [1.82, 2.24) is 14.5 Å². The van der Waals surface area contributed by atoms with Crippen LogP contribution < -0.4 is 9.62 Å². The van der Waals surface area contributed by atoms with Crippen LogP contribution in [-0.4, -0.2) is 62.7 Å². The van der Waals surface area contributed by atoms with Crippen molar-refractivity contribution in [2.45, 2.75) is 53.1 Å². The molecule has 0 heterocycles. The summed E-state index contributed by atoms with van der Waals surface area (Å²) in [5.41, 5.74) is 4.79. The van der Waals surface area contributed by atoms with Crippen LogP contribution in [0.15, 0.2) is 72.8 Å². The van der Waals surface area contributed by atoms with Crippen molar-refractivity contribution in [3.63, 3.8) is 0 Å². The summed E-state index contributed by atoms with van der Waals surface area (Å²) in [6.45, 7) is 7.80. The van der Waals surface area contributed by atoms with Crippen LogP contribution in [0.2, 0.25) is 0 Å². The SMILES string of the molecule is CCCNC(=O)C(Cc1ccccc1)N(Cc1ccccc1C)C(=O)CN(c1cc(C)ccc1C)S(=O)(=O)N(C)C. The van der Waals surface area contributed by atoms with Crippen molar-refractivity contribution in [1.29, 1.82) is 0 Å². The van der Waals surface area contributed by atoms with Crippen molar-refractivity contribution in [2.24, 2.45) is 0 Å². The smallest absolute Gasteiger partial charge is 0.304 e. The number of carbonyl (C=O) groups excluding carboxylic acids is 2. The molecule has 41 heavy (non-hydrogen) atoms. The summed E-state index contributed by atoms with van der Waals surface area (Å²) in [5.74, 6) is -0.737. The Morgan fingerprint density at radius 2 is 1.54 bits per heavy atom. The highest BCUT2D eigenvalue weighted by Gasteiger charge is 2.35. The number of nitrogens with one attached hydrogen (secondary N) is 1. The maximum Gasteiger partial charge on any atom is 0.304 e. The van der Waals surface area contributed by atoms with E-state index < -0.39 is 28.7 Å². The van der Waals surface area contributed by atoms with Crippen LogP contribution in [0.3, 0.4) is 0 Å². The van der Waals surface area contributed by atoms with Crippen LogP contribution in [0, 0.1) is 20.8 Å². The highest BCUT2D eigenvalue weighted by Crippen LogP contribution is 2.26. The number of benzene rings is 3. The molecule has 0 aromatic heterocycles. The summed E-state index contributed by atoms with van der Waals surface area (Å²) < 4.78 is 29.5. The van der Waals surface area contributed by atoms with Gasteiger partial charge in [-0.2, -0.15) is 12.7 Å². The minimum atomic E-state index is -4.04. The van der Waals surface area contributed by atoms with Crippen LogP contribution in [0.1, 0.15) is 41.2 Å². The van der Waals surface area contributed by atoms with Gasteiger partial charge < -0.3 is 10.2 Å². The molecule has 0 saturated carbocycles. The second-order valence-corrected chi connectivity index (χ2v) is 12.6. The Hall–Kier alpha value is -3.69.